The van der Waals surface area contributed by atoms with Gasteiger partial charge in [0.15, 0.2) is 5.82 Å². The van der Waals surface area contributed by atoms with Gasteiger partial charge in [-0.15, -0.1) is 0 Å². The van der Waals surface area contributed by atoms with Gasteiger partial charge in [0.1, 0.15) is 5.69 Å². The van der Waals surface area contributed by atoms with Crippen LogP contribution in [0.4, 0.5) is 0 Å². The van der Waals surface area contributed by atoms with Crippen molar-refractivity contribution in [3.63, 3.8) is 0 Å². The molecule has 0 aliphatic carbocycles. The minimum absolute atomic E-state index is 0.0624. The van der Waals surface area contributed by atoms with Crippen molar-refractivity contribution in [3.05, 3.63) is 96.1 Å². The van der Waals surface area contributed by atoms with Gasteiger partial charge >= 0.3 is 0 Å². The van der Waals surface area contributed by atoms with E-state index < -0.39 is 0 Å². The molecule has 0 spiro atoms. The average molecular weight is 464 g/mol. The smallest absolute Gasteiger partial charge is 0.228 e. The van der Waals surface area contributed by atoms with E-state index in [0.717, 1.165) is 44.3 Å². The largest absolute Gasteiger partial charge is 0.404 e. The molecule has 5 aromatic rings. The molecule has 0 fully saturated rings. The summed E-state index contributed by atoms with van der Waals surface area (Å²) in [6.07, 6.45) is 7.89. The zero-order valence-corrected chi connectivity index (χ0v) is 19.2. The van der Waals surface area contributed by atoms with E-state index in [0.29, 0.717) is 24.4 Å². The third-order valence-corrected chi connectivity index (χ3v) is 5.80. The fourth-order valence-corrected chi connectivity index (χ4v) is 3.99. The van der Waals surface area contributed by atoms with E-state index in [-0.39, 0.29) is 5.91 Å². The minimum Gasteiger partial charge on any atom is -0.404 e. The van der Waals surface area contributed by atoms with E-state index in [1.54, 1.807) is 18.6 Å². The van der Waals surface area contributed by atoms with Gasteiger partial charge < -0.3 is 16.0 Å². The van der Waals surface area contributed by atoms with Gasteiger partial charge in [0.2, 0.25) is 5.91 Å². The lowest BCUT2D eigenvalue weighted by Gasteiger charge is -2.10. The Hall–Kier alpha value is -4.72. The van der Waals surface area contributed by atoms with Crippen molar-refractivity contribution >= 4 is 33.4 Å². The lowest BCUT2D eigenvalue weighted by atomic mass is 10.0. The van der Waals surface area contributed by atoms with Crippen LogP contribution in [0.1, 0.15) is 24.5 Å². The maximum absolute atomic E-state index is 12.6. The Balaban J connectivity index is 1.43. The van der Waals surface area contributed by atoms with Crippen LogP contribution < -0.4 is 11.1 Å². The number of benzene rings is 2. The number of nitrogens with zero attached hydrogens (tertiary/aromatic N) is 3. The summed E-state index contributed by atoms with van der Waals surface area (Å²) >= 11 is 0. The molecule has 5 N–H and O–H groups in total. The summed E-state index contributed by atoms with van der Waals surface area (Å²) in [6, 6.07) is 17.5. The van der Waals surface area contributed by atoms with Gasteiger partial charge in [0, 0.05) is 23.5 Å². The maximum Gasteiger partial charge on any atom is 0.228 e. The number of pyridine rings is 1. The Labute approximate surface area is 202 Å². The van der Waals surface area contributed by atoms with Gasteiger partial charge in [-0.05, 0) is 47.4 Å². The Morgan fingerprint density at radius 2 is 1.97 bits per heavy atom. The lowest BCUT2D eigenvalue weighted by molar-refractivity contribution is -0.119. The van der Waals surface area contributed by atoms with E-state index in [4.69, 9.17) is 5.73 Å². The number of H-pyrrole nitrogens is 2. The molecule has 5 rings (SSSR count). The number of amides is 1. The quantitative estimate of drug-likeness (QED) is 0.265. The highest BCUT2D eigenvalue weighted by atomic mass is 16.1. The number of hydrogen-bond acceptors (Lipinski definition) is 5. The Morgan fingerprint density at radius 3 is 2.74 bits per heavy atom. The topological polar surface area (TPSA) is 125 Å². The number of imidazole rings is 1. The fourth-order valence-electron chi connectivity index (χ4n) is 3.99. The predicted octanol–water partition coefficient (Wildman–Crippen LogP) is 4.45. The van der Waals surface area contributed by atoms with Crippen molar-refractivity contribution in [1.29, 1.82) is 0 Å². The predicted molar refractivity (Wildman–Crippen MR) is 138 cm³/mol. The van der Waals surface area contributed by atoms with E-state index in [9.17, 15) is 4.79 Å². The summed E-state index contributed by atoms with van der Waals surface area (Å²) < 4.78 is 0. The number of nitrogens with two attached hydrogens (primary N) is 1. The van der Waals surface area contributed by atoms with Crippen LogP contribution >= 0.6 is 0 Å². The van der Waals surface area contributed by atoms with Gasteiger partial charge in [-0.25, -0.2) is 4.98 Å². The Bertz CT molecular complexity index is 1530. The number of nitrogens with one attached hydrogen (secondary N) is 3. The van der Waals surface area contributed by atoms with Gasteiger partial charge in [0.25, 0.3) is 0 Å². The van der Waals surface area contributed by atoms with Crippen LogP contribution in [0.25, 0.3) is 39.0 Å². The number of rotatable bonds is 7. The summed E-state index contributed by atoms with van der Waals surface area (Å²) in [5, 5.41) is 11.5. The standard InChI is InChI=1S/C27H25N7O/c1-2-20(30-25(35)12-17-6-4-3-5-7-17)13-19(15-28)18-8-9-22-21(14-18)26(34-33-22)27-31-23-10-11-29-16-24(23)32-27/h3-11,13-16H,2,12,28H2,1H3,(H,30,35)(H,31,32)(H,33,34)/b19-15+,20-13+. The third kappa shape index (κ3) is 4.67. The molecule has 0 saturated carbocycles. The molecule has 1 amide bonds. The molecule has 0 radical (unpaired) electrons. The molecule has 8 heteroatoms. The molecule has 35 heavy (non-hydrogen) atoms. The van der Waals surface area contributed by atoms with Crippen LogP contribution in [0.3, 0.4) is 0 Å². The SMILES string of the molecule is CC/C(=C\C(=C/N)c1ccc2[nH]nc(-c3nc4ccncc4[nH]3)c2c1)NC(=O)Cc1ccccc1. The monoisotopic (exact) mass is 463 g/mol. The molecule has 0 atom stereocenters. The lowest BCUT2D eigenvalue weighted by Crippen LogP contribution is -2.24. The first-order valence-electron chi connectivity index (χ1n) is 11.4. The van der Waals surface area contributed by atoms with Crippen LogP contribution in [0.15, 0.2) is 85.0 Å². The van der Waals surface area contributed by atoms with Gasteiger partial charge in [-0.3, -0.25) is 14.9 Å². The fraction of sp³-hybridized carbons (Fsp3) is 0.111. The number of carbonyl (C=O) groups excluding carboxylic acids is 1. The van der Waals surface area contributed by atoms with Crippen molar-refractivity contribution in [2.75, 3.05) is 0 Å². The van der Waals surface area contributed by atoms with E-state index in [1.165, 1.54) is 0 Å². The van der Waals surface area contributed by atoms with E-state index >= 15 is 0 Å². The molecule has 3 heterocycles. The summed E-state index contributed by atoms with van der Waals surface area (Å²) in [4.78, 5) is 24.6. The first kappa shape index (κ1) is 22.1. The summed E-state index contributed by atoms with van der Waals surface area (Å²) in [6.45, 7) is 2.00. The van der Waals surface area contributed by atoms with Crippen molar-refractivity contribution < 1.29 is 4.79 Å². The number of carbonyl (C=O) groups is 1. The van der Waals surface area contributed by atoms with Crippen molar-refractivity contribution in [3.8, 4) is 11.5 Å². The molecule has 0 saturated heterocycles. The molecule has 0 aliphatic heterocycles. The molecular weight excluding hydrogens is 438 g/mol. The first-order valence-corrected chi connectivity index (χ1v) is 11.4. The van der Waals surface area contributed by atoms with Gasteiger partial charge in [-0.1, -0.05) is 43.3 Å². The second-order valence-corrected chi connectivity index (χ2v) is 8.17. The summed E-state index contributed by atoms with van der Waals surface area (Å²) in [5.41, 5.74) is 12.7. The average Bonchev–Trinajstić information content (AvgIpc) is 3.50. The van der Waals surface area contributed by atoms with Gasteiger partial charge in [0.05, 0.1) is 29.2 Å². The maximum atomic E-state index is 12.6. The number of aromatic amines is 2. The number of fused-ring (bicyclic) bond motifs is 2. The molecule has 3 aromatic heterocycles. The van der Waals surface area contributed by atoms with Crippen LogP contribution in [-0.4, -0.2) is 31.1 Å². The first-order chi connectivity index (χ1) is 17.1. The molecule has 174 valence electrons. The second-order valence-electron chi connectivity index (χ2n) is 8.17. The Kier molecular flexibility index (Phi) is 6.09. The van der Waals surface area contributed by atoms with Crippen LogP contribution in [0.2, 0.25) is 0 Å². The number of hydrogen-bond donors (Lipinski definition) is 4. The van der Waals surface area contributed by atoms with E-state index in [1.807, 2.05) is 67.6 Å². The van der Waals surface area contributed by atoms with Crippen LogP contribution in [-0.2, 0) is 11.2 Å². The highest BCUT2D eigenvalue weighted by molar-refractivity contribution is 5.95. The summed E-state index contributed by atoms with van der Waals surface area (Å²) in [5.74, 6) is 0.597. The minimum atomic E-state index is -0.0624. The van der Waals surface area contributed by atoms with Gasteiger partial charge in [-0.2, -0.15) is 5.10 Å². The highest BCUT2D eigenvalue weighted by Crippen LogP contribution is 2.29. The normalized spacial score (nSPS) is 12.4. The Morgan fingerprint density at radius 1 is 1.11 bits per heavy atom. The molecule has 0 aliphatic rings. The van der Waals surface area contributed by atoms with Crippen LogP contribution in [0.5, 0.6) is 0 Å². The molecule has 0 bridgehead atoms. The molecular formula is C27H25N7O. The zero-order valence-electron chi connectivity index (χ0n) is 19.2. The number of allylic oxidation sites excluding steroid dienone is 3. The molecule has 0 unspecified atom stereocenters. The van der Waals surface area contributed by atoms with E-state index in [2.05, 4.69) is 30.5 Å². The summed E-state index contributed by atoms with van der Waals surface area (Å²) in [7, 11) is 0. The van der Waals surface area contributed by atoms with Crippen molar-refractivity contribution in [1.82, 2.24) is 30.5 Å². The molecule has 8 nitrogen and oxygen atoms in total. The van der Waals surface area contributed by atoms with Crippen molar-refractivity contribution in [2.45, 2.75) is 19.8 Å². The zero-order chi connectivity index (χ0) is 24.2. The molecule has 2 aromatic carbocycles. The van der Waals surface area contributed by atoms with Crippen LogP contribution in [0, 0.1) is 0 Å². The second kappa shape index (κ2) is 9.64. The highest BCUT2D eigenvalue weighted by Gasteiger charge is 2.14. The third-order valence-electron chi connectivity index (χ3n) is 5.80. The van der Waals surface area contributed by atoms with Crippen molar-refractivity contribution in [2.24, 2.45) is 5.73 Å². The number of aromatic nitrogens is 5.